The maximum absolute atomic E-state index is 5.91. The monoisotopic (exact) mass is 473 g/mol. The number of rotatable bonds is 7. The van der Waals surface area contributed by atoms with Crippen molar-refractivity contribution in [1.29, 1.82) is 0 Å². The number of guanidine groups is 1. The number of halogens is 1. The van der Waals surface area contributed by atoms with Gasteiger partial charge in [-0.25, -0.2) is 4.99 Å². The molecule has 0 radical (unpaired) electrons. The van der Waals surface area contributed by atoms with Crippen molar-refractivity contribution in [2.75, 3.05) is 6.54 Å². The van der Waals surface area contributed by atoms with Crippen molar-refractivity contribution in [3.8, 4) is 5.75 Å². The molecule has 0 aliphatic carbocycles. The third-order valence-corrected chi connectivity index (χ3v) is 3.32. The molecule has 2 rings (SSSR count). The molecule has 1 heterocycles. The minimum absolute atomic E-state index is 0. The fourth-order valence-corrected chi connectivity index (χ4v) is 2.24. The smallest absolute Gasteiger partial charge is 0.223 e. The second-order valence-electron chi connectivity index (χ2n) is 6.06. The van der Waals surface area contributed by atoms with Crippen LogP contribution in [-0.2, 0) is 13.1 Å². The van der Waals surface area contributed by atoms with E-state index in [2.05, 4.69) is 44.8 Å². The Kier molecular flexibility index (Phi) is 9.39. The second kappa shape index (κ2) is 11.0. The Morgan fingerprint density at radius 2 is 2.04 bits per heavy atom. The fourth-order valence-electron chi connectivity index (χ4n) is 2.24. The number of ether oxygens (including phenoxy) is 1. The summed E-state index contributed by atoms with van der Waals surface area (Å²) in [6.07, 6.45) is 0.123. The first-order chi connectivity index (χ1) is 12.0. The van der Waals surface area contributed by atoms with Crippen LogP contribution in [0.1, 0.15) is 43.6 Å². The van der Waals surface area contributed by atoms with E-state index in [0.717, 1.165) is 17.9 Å². The summed E-state index contributed by atoms with van der Waals surface area (Å²) in [7, 11) is 0. The molecule has 1 aromatic carbocycles. The Hall–Kier alpha value is -1.84. The highest BCUT2D eigenvalue weighted by Gasteiger charge is 2.08. The zero-order chi connectivity index (χ0) is 18.2. The zero-order valence-corrected chi connectivity index (χ0v) is 18.3. The average molecular weight is 473 g/mol. The maximum Gasteiger partial charge on any atom is 0.223 e. The number of benzene rings is 1. The van der Waals surface area contributed by atoms with Gasteiger partial charge in [0, 0.05) is 19.0 Å². The van der Waals surface area contributed by atoms with Crippen LogP contribution in [0.15, 0.2) is 27.7 Å². The molecule has 0 unspecified atom stereocenters. The first kappa shape index (κ1) is 22.2. The topological polar surface area (TPSA) is 84.6 Å². The molecule has 0 spiro atoms. The lowest BCUT2D eigenvalue weighted by atomic mass is 10.1. The maximum atomic E-state index is 5.91. The van der Waals surface area contributed by atoms with Crippen molar-refractivity contribution >= 4 is 29.9 Å². The highest BCUT2D eigenvalue weighted by atomic mass is 127. The Morgan fingerprint density at radius 1 is 1.27 bits per heavy atom. The highest BCUT2D eigenvalue weighted by molar-refractivity contribution is 14.0. The number of aromatic nitrogens is 2. The van der Waals surface area contributed by atoms with Crippen LogP contribution in [0.2, 0.25) is 0 Å². The molecule has 7 nitrogen and oxygen atoms in total. The summed E-state index contributed by atoms with van der Waals surface area (Å²) in [6, 6.07) is 6.18. The lowest BCUT2D eigenvalue weighted by Gasteiger charge is -2.15. The molecule has 0 bridgehead atoms. The molecule has 2 N–H and O–H groups in total. The van der Waals surface area contributed by atoms with E-state index in [1.807, 2.05) is 26.8 Å². The van der Waals surface area contributed by atoms with E-state index in [4.69, 9.17) is 9.26 Å². The number of nitrogens with zero attached hydrogens (tertiary/aromatic N) is 3. The minimum Gasteiger partial charge on any atom is -0.491 e. The van der Waals surface area contributed by atoms with Crippen LogP contribution in [0.5, 0.6) is 5.75 Å². The van der Waals surface area contributed by atoms with Crippen molar-refractivity contribution in [2.45, 2.75) is 53.8 Å². The van der Waals surface area contributed by atoms with Gasteiger partial charge >= 0.3 is 0 Å². The van der Waals surface area contributed by atoms with Gasteiger partial charge in [-0.3, -0.25) is 0 Å². The van der Waals surface area contributed by atoms with Crippen LogP contribution in [-0.4, -0.2) is 28.7 Å². The van der Waals surface area contributed by atoms with E-state index >= 15 is 0 Å². The Labute approximate surface area is 172 Å². The molecular formula is C18H28IN5O2. The van der Waals surface area contributed by atoms with Crippen LogP contribution in [0, 0.1) is 13.8 Å². The quantitative estimate of drug-likeness (QED) is 0.365. The van der Waals surface area contributed by atoms with Crippen LogP contribution < -0.4 is 15.4 Å². The van der Waals surface area contributed by atoms with Gasteiger partial charge in [0.1, 0.15) is 5.75 Å². The van der Waals surface area contributed by atoms with Crippen molar-refractivity contribution in [2.24, 2.45) is 4.99 Å². The van der Waals surface area contributed by atoms with Crippen LogP contribution in [0.4, 0.5) is 0 Å². The Bertz CT molecular complexity index is 715. The lowest BCUT2D eigenvalue weighted by Crippen LogP contribution is -2.37. The first-order valence-electron chi connectivity index (χ1n) is 8.55. The molecule has 26 heavy (non-hydrogen) atoms. The first-order valence-corrected chi connectivity index (χ1v) is 8.55. The molecule has 1 aromatic heterocycles. The summed E-state index contributed by atoms with van der Waals surface area (Å²) in [5.74, 6) is 2.72. The summed E-state index contributed by atoms with van der Waals surface area (Å²) in [4.78, 5) is 8.81. The van der Waals surface area contributed by atoms with Gasteiger partial charge < -0.3 is 19.9 Å². The largest absolute Gasteiger partial charge is 0.491 e. The average Bonchev–Trinajstić information content (AvgIpc) is 2.96. The van der Waals surface area contributed by atoms with E-state index < -0.39 is 0 Å². The number of aliphatic imine (C=N–C) groups is 1. The predicted octanol–water partition coefficient (Wildman–Crippen LogP) is 3.35. The van der Waals surface area contributed by atoms with Crippen molar-refractivity contribution in [3.63, 3.8) is 0 Å². The summed E-state index contributed by atoms with van der Waals surface area (Å²) >= 11 is 0. The van der Waals surface area contributed by atoms with Crippen molar-refractivity contribution in [3.05, 3.63) is 41.0 Å². The molecule has 0 amide bonds. The molecule has 8 heteroatoms. The van der Waals surface area contributed by atoms with Crippen molar-refractivity contribution in [1.82, 2.24) is 20.8 Å². The lowest BCUT2D eigenvalue weighted by molar-refractivity contribution is 0.240. The van der Waals surface area contributed by atoms with Gasteiger partial charge in [-0.1, -0.05) is 17.3 Å². The van der Waals surface area contributed by atoms with Crippen molar-refractivity contribution < 1.29 is 9.26 Å². The molecule has 2 aromatic rings. The summed E-state index contributed by atoms with van der Waals surface area (Å²) in [5.41, 5.74) is 2.22. The molecule has 0 atom stereocenters. The summed E-state index contributed by atoms with van der Waals surface area (Å²) in [5, 5.41) is 10.3. The van der Waals surface area contributed by atoms with E-state index in [0.29, 0.717) is 30.8 Å². The number of hydrogen-bond acceptors (Lipinski definition) is 5. The van der Waals surface area contributed by atoms with Gasteiger partial charge in [-0.05, 0) is 39.3 Å². The van der Waals surface area contributed by atoms with Crippen LogP contribution >= 0.6 is 24.0 Å². The molecular weight excluding hydrogens is 445 g/mol. The predicted molar refractivity (Wildman–Crippen MR) is 113 cm³/mol. The molecule has 144 valence electrons. The summed E-state index contributed by atoms with van der Waals surface area (Å²) < 4.78 is 10.9. The molecule has 0 aliphatic rings. The molecule has 0 fully saturated rings. The van der Waals surface area contributed by atoms with E-state index in [1.54, 1.807) is 6.92 Å². The fraction of sp³-hybridized carbons (Fsp3) is 0.500. The minimum atomic E-state index is 0. The summed E-state index contributed by atoms with van der Waals surface area (Å²) in [6.45, 7) is 11.6. The number of nitrogens with one attached hydrogen (secondary N) is 2. The molecule has 0 aliphatic heterocycles. The van der Waals surface area contributed by atoms with Crippen LogP contribution in [0.25, 0.3) is 0 Å². The second-order valence-corrected chi connectivity index (χ2v) is 6.06. The third-order valence-electron chi connectivity index (χ3n) is 3.32. The van der Waals surface area contributed by atoms with Gasteiger partial charge in [-0.2, -0.15) is 4.98 Å². The van der Waals surface area contributed by atoms with Gasteiger partial charge in [0.15, 0.2) is 11.8 Å². The van der Waals surface area contributed by atoms with Crippen LogP contribution in [0.3, 0.4) is 0 Å². The molecule has 0 saturated heterocycles. The van der Waals surface area contributed by atoms with Gasteiger partial charge in [0.25, 0.3) is 0 Å². The van der Waals surface area contributed by atoms with E-state index in [9.17, 15) is 0 Å². The Balaban J connectivity index is 0.00000338. The number of aryl methyl sites for hydroxylation is 2. The zero-order valence-electron chi connectivity index (χ0n) is 16.0. The standard InChI is InChI=1S/C18H27N5O2.HI/c1-6-19-18(21-11-17-22-14(5)25-23-17)20-10-15-8-7-13(4)9-16(15)24-12(2)3;/h7-9,12H,6,10-11H2,1-5H3,(H2,19,20,21);1H. The third kappa shape index (κ3) is 7.19. The Morgan fingerprint density at radius 3 is 2.65 bits per heavy atom. The number of hydrogen-bond donors (Lipinski definition) is 2. The normalized spacial score (nSPS) is 11.2. The van der Waals surface area contributed by atoms with Gasteiger partial charge in [0.2, 0.25) is 5.89 Å². The van der Waals surface area contributed by atoms with Gasteiger partial charge in [0.05, 0.1) is 19.2 Å². The van der Waals surface area contributed by atoms with Gasteiger partial charge in [-0.15, -0.1) is 24.0 Å². The highest BCUT2D eigenvalue weighted by Crippen LogP contribution is 2.22. The molecule has 0 saturated carbocycles. The van der Waals surface area contributed by atoms with E-state index in [-0.39, 0.29) is 30.1 Å². The van der Waals surface area contributed by atoms with E-state index in [1.165, 1.54) is 5.56 Å². The SMILES string of the molecule is CCNC(=NCc1ccc(C)cc1OC(C)C)NCc1noc(C)n1.I.